The summed E-state index contributed by atoms with van der Waals surface area (Å²) in [6.07, 6.45) is 1.99. The van der Waals surface area contributed by atoms with Crippen LogP contribution >= 0.6 is 0 Å². The Morgan fingerprint density at radius 3 is 2.16 bits per heavy atom. The summed E-state index contributed by atoms with van der Waals surface area (Å²) in [6, 6.07) is 4.04. The molecule has 5 nitrogen and oxygen atoms in total. The van der Waals surface area contributed by atoms with Crippen LogP contribution in [0, 0.1) is 0 Å². The lowest BCUT2D eigenvalue weighted by Crippen LogP contribution is -2.30. The van der Waals surface area contributed by atoms with Gasteiger partial charge < -0.3 is 10.2 Å². The highest BCUT2D eigenvalue weighted by Gasteiger charge is 2.30. The number of rotatable bonds is 3. The minimum atomic E-state index is -4.42. The number of nitrogens with zero attached hydrogens (tertiary/aromatic N) is 3. The van der Waals surface area contributed by atoms with Crippen molar-refractivity contribution in [3.63, 3.8) is 0 Å². The molecule has 1 aromatic carbocycles. The first kappa shape index (κ1) is 17.2. The largest absolute Gasteiger partial charge is 0.416 e. The molecule has 132 valence electrons. The van der Waals surface area contributed by atoms with Crippen LogP contribution in [0.2, 0.25) is 0 Å². The van der Waals surface area contributed by atoms with Gasteiger partial charge >= 0.3 is 6.18 Å². The molecule has 0 saturated carbocycles. The van der Waals surface area contributed by atoms with Crippen LogP contribution in [-0.2, 0) is 6.18 Å². The molecule has 0 unspecified atom stereocenters. The van der Waals surface area contributed by atoms with Gasteiger partial charge in [-0.1, -0.05) is 0 Å². The van der Waals surface area contributed by atoms with Crippen LogP contribution in [0.15, 0.2) is 36.7 Å². The van der Waals surface area contributed by atoms with Gasteiger partial charge in [0.05, 0.1) is 23.6 Å². The van der Waals surface area contributed by atoms with E-state index in [2.05, 4.69) is 20.2 Å². The van der Waals surface area contributed by atoms with Gasteiger partial charge in [0, 0.05) is 18.7 Å². The minimum absolute atomic E-state index is 0.133. The number of nitrogens with one attached hydrogen (secondary N) is 1. The van der Waals surface area contributed by atoms with Gasteiger partial charge in [-0.2, -0.15) is 13.2 Å². The Morgan fingerprint density at radius 1 is 1.00 bits per heavy atom. The Morgan fingerprint density at radius 2 is 1.60 bits per heavy atom. The molecule has 1 aliphatic heterocycles. The van der Waals surface area contributed by atoms with Crippen LogP contribution < -0.4 is 10.2 Å². The van der Waals surface area contributed by atoms with Gasteiger partial charge in [0.25, 0.3) is 5.91 Å². The van der Waals surface area contributed by atoms with Crippen molar-refractivity contribution in [2.45, 2.75) is 25.4 Å². The molecule has 0 aliphatic carbocycles. The van der Waals surface area contributed by atoms with Crippen molar-refractivity contribution < 1.29 is 18.0 Å². The highest BCUT2D eigenvalue weighted by molar-refractivity contribution is 6.04. The number of aromatic nitrogens is 2. The Bertz CT molecular complexity index is 723. The summed E-state index contributed by atoms with van der Waals surface area (Å²) in [6.45, 7) is 1.83. The molecule has 0 spiro atoms. The van der Waals surface area contributed by atoms with Crippen LogP contribution in [0.1, 0.15) is 35.2 Å². The van der Waals surface area contributed by atoms with Crippen LogP contribution in [0.25, 0.3) is 0 Å². The fourth-order valence-electron chi connectivity index (χ4n) is 2.66. The number of carbonyl (C=O) groups is 1. The molecule has 1 aliphatic rings. The van der Waals surface area contributed by atoms with E-state index in [1.807, 2.05) is 0 Å². The van der Waals surface area contributed by atoms with Crippen LogP contribution in [0.3, 0.4) is 0 Å². The van der Waals surface area contributed by atoms with Crippen molar-refractivity contribution in [1.29, 1.82) is 0 Å². The lowest BCUT2D eigenvalue weighted by Gasteiger charge is -2.26. The Balaban J connectivity index is 1.64. The summed E-state index contributed by atoms with van der Waals surface area (Å²) >= 11 is 0. The van der Waals surface area contributed by atoms with Gasteiger partial charge in [-0.05, 0) is 43.5 Å². The maximum absolute atomic E-state index is 12.5. The summed E-state index contributed by atoms with van der Waals surface area (Å²) < 4.78 is 37.6. The predicted molar refractivity (Wildman–Crippen MR) is 87.5 cm³/mol. The molecule has 0 bridgehead atoms. The molecule has 1 N–H and O–H groups in total. The Kier molecular flexibility index (Phi) is 4.87. The summed E-state index contributed by atoms with van der Waals surface area (Å²) in [4.78, 5) is 22.7. The first-order chi connectivity index (χ1) is 11.9. The molecule has 1 saturated heterocycles. The predicted octanol–water partition coefficient (Wildman–Crippen LogP) is 3.74. The number of hydrogen-bond acceptors (Lipinski definition) is 4. The lowest BCUT2D eigenvalue weighted by molar-refractivity contribution is -0.137. The fraction of sp³-hybridized carbons (Fsp3) is 0.353. The van der Waals surface area contributed by atoms with E-state index in [1.165, 1.54) is 18.8 Å². The van der Waals surface area contributed by atoms with Crippen molar-refractivity contribution in [1.82, 2.24) is 9.97 Å². The third-order valence-corrected chi connectivity index (χ3v) is 4.01. The summed E-state index contributed by atoms with van der Waals surface area (Å²) in [7, 11) is 0. The Labute approximate surface area is 142 Å². The molecule has 2 heterocycles. The third kappa shape index (κ3) is 4.26. The second kappa shape index (κ2) is 7.08. The monoisotopic (exact) mass is 350 g/mol. The minimum Gasteiger partial charge on any atom is -0.341 e. The van der Waals surface area contributed by atoms with Crippen molar-refractivity contribution in [3.8, 4) is 0 Å². The number of amides is 1. The van der Waals surface area contributed by atoms with E-state index in [0.717, 1.165) is 50.2 Å². The van der Waals surface area contributed by atoms with E-state index in [9.17, 15) is 18.0 Å². The second-order valence-electron chi connectivity index (χ2n) is 5.85. The number of benzene rings is 1. The molecule has 1 fully saturated rings. The zero-order valence-electron chi connectivity index (χ0n) is 13.4. The standard InChI is InChI=1S/C17H17F3N4O/c18-17(19,20)13-6-4-12(5-7-13)15(25)23-14-10-21-16(22-11-14)24-8-2-1-3-9-24/h4-7,10-11H,1-3,8-9H2,(H,23,25). The second-order valence-corrected chi connectivity index (χ2v) is 5.85. The number of alkyl halides is 3. The maximum Gasteiger partial charge on any atom is 0.416 e. The van der Waals surface area contributed by atoms with Gasteiger partial charge in [0.1, 0.15) is 0 Å². The van der Waals surface area contributed by atoms with E-state index in [1.54, 1.807) is 0 Å². The topological polar surface area (TPSA) is 58.1 Å². The van der Waals surface area contributed by atoms with E-state index < -0.39 is 17.6 Å². The molecular formula is C17H17F3N4O. The van der Waals surface area contributed by atoms with Crippen molar-refractivity contribution in [2.24, 2.45) is 0 Å². The normalized spacial score (nSPS) is 15.1. The van der Waals surface area contributed by atoms with Gasteiger partial charge in [-0.3, -0.25) is 4.79 Å². The molecule has 1 aromatic heterocycles. The summed E-state index contributed by atoms with van der Waals surface area (Å²) in [5, 5.41) is 2.58. The number of piperidine rings is 1. The smallest absolute Gasteiger partial charge is 0.341 e. The molecule has 0 atom stereocenters. The number of carbonyl (C=O) groups excluding carboxylic acids is 1. The number of halogens is 3. The maximum atomic E-state index is 12.5. The molecule has 0 radical (unpaired) electrons. The first-order valence-corrected chi connectivity index (χ1v) is 7.99. The lowest BCUT2D eigenvalue weighted by atomic mass is 10.1. The highest BCUT2D eigenvalue weighted by atomic mass is 19.4. The van der Waals surface area contributed by atoms with Gasteiger partial charge in [-0.25, -0.2) is 9.97 Å². The van der Waals surface area contributed by atoms with E-state index in [4.69, 9.17) is 0 Å². The van der Waals surface area contributed by atoms with Gasteiger partial charge in [-0.15, -0.1) is 0 Å². The van der Waals surface area contributed by atoms with Crippen molar-refractivity contribution in [3.05, 3.63) is 47.8 Å². The van der Waals surface area contributed by atoms with Crippen LogP contribution in [0.5, 0.6) is 0 Å². The third-order valence-electron chi connectivity index (χ3n) is 4.01. The molecule has 1 amide bonds. The van der Waals surface area contributed by atoms with Gasteiger partial charge in [0.2, 0.25) is 5.95 Å². The van der Waals surface area contributed by atoms with Crippen LogP contribution in [0.4, 0.5) is 24.8 Å². The molecule has 3 rings (SSSR count). The average Bonchev–Trinajstić information content (AvgIpc) is 2.62. The molecule has 8 heteroatoms. The average molecular weight is 350 g/mol. The van der Waals surface area contributed by atoms with E-state index in [0.29, 0.717) is 11.6 Å². The SMILES string of the molecule is O=C(Nc1cnc(N2CCCCC2)nc1)c1ccc(C(F)(F)F)cc1. The quantitative estimate of drug-likeness (QED) is 0.916. The van der Waals surface area contributed by atoms with Crippen LogP contribution in [-0.4, -0.2) is 29.0 Å². The summed E-state index contributed by atoms with van der Waals surface area (Å²) in [5.41, 5.74) is -0.267. The van der Waals surface area contributed by atoms with Crippen molar-refractivity contribution in [2.75, 3.05) is 23.3 Å². The van der Waals surface area contributed by atoms with E-state index in [-0.39, 0.29) is 5.56 Å². The fourth-order valence-corrected chi connectivity index (χ4v) is 2.66. The summed E-state index contributed by atoms with van der Waals surface area (Å²) in [5.74, 6) is 0.107. The van der Waals surface area contributed by atoms with Gasteiger partial charge in [0.15, 0.2) is 0 Å². The Hall–Kier alpha value is -2.64. The highest BCUT2D eigenvalue weighted by Crippen LogP contribution is 2.29. The molecular weight excluding hydrogens is 333 g/mol. The van der Waals surface area contributed by atoms with E-state index >= 15 is 0 Å². The zero-order chi connectivity index (χ0) is 17.9. The number of anilines is 2. The zero-order valence-corrected chi connectivity index (χ0v) is 13.4. The van der Waals surface area contributed by atoms with Crippen molar-refractivity contribution >= 4 is 17.5 Å². The first-order valence-electron chi connectivity index (χ1n) is 7.99. The molecule has 2 aromatic rings. The molecule has 25 heavy (non-hydrogen) atoms. The number of hydrogen-bond donors (Lipinski definition) is 1.